The van der Waals surface area contributed by atoms with Crippen molar-refractivity contribution in [3.05, 3.63) is 12.2 Å². The summed E-state index contributed by atoms with van der Waals surface area (Å²) in [5.41, 5.74) is 4.32. The molecule has 0 amide bonds. The van der Waals surface area contributed by atoms with Gasteiger partial charge in [-0.25, -0.2) is 0 Å². The molecular weight excluding hydrogens is 372 g/mol. The molecule has 0 heteroatoms. The Morgan fingerprint density at radius 2 is 1.39 bits per heavy atom. The van der Waals surface area contributed by atoms with Gasteiger partial charge in [0.15, 0.2) is 0 Å². The van der Waals surface area contributed by atoms with Crippen LogP contribution in [0.5, 0.6) is 0 Å². The van der Waals surface area contributed by atoms with E-state index in [0.717, 1.165) is 34.5 Å². The highest BCUT2D eigenvalue weighted by molar-refractivity contribution is 5.34. The smallest absolute Gasteiger partial charge is 0.0152 e. The third kappa shape index (κ3) is 3.69. The molecule has 8 atom stereocenters. The van der Waals surface area contributed by atoms with Crippen LogP contribution in [0.4, 0.5) is 0 Å². The number of fused-ring (bicyclic) bond motifs is 1. The summed E-state index contributed by atoms with van der Waals surface area (Å²) in [5, 5.41) is 0. The molecule has 0 heterocycles. The highest BCUT2D eigenvalue weighted by Gasteiger charge is 2.86. The van der Waals surface area contributed by atoms with E-state index in [9.17, 15) is 0 Å². The summed E-state index contributed by atoms with van der Waals surface area (Å²) in [4.78, 5) is 0. The first kappa shape index (κ1) is 28.8. The van der Waals surface area contributed by atoms with E-state index in [1.54, 1.807) is 32.1 Å². The molecule has 5 fully saturated rings. The second-order valence-corrected chi connectivity index (χ2v) is 11.3. The monoisotopic (exact) mass is 432 g/mol. The van der Waals surface area contributed by atoms with Crippen molar-refractivity contribution in [2.24, 2.45) is 45.3 Å². The van der Waals surface area contributed by atoms with E-state index in [2.05, 4.69) is 34.3 Å². The average molecular weight is 433 g/mol. The molecule has 5 aliphatic carbocycles. The zero-order valence-electron chi connectivity index (χ0n) is 22.6. The first-order chi connectivity index (χ1) is 14.3. The Balaban J connectivity index is 0.000000636. The summed E-state index contributed by atoms with van der Waals surface area (Å²) >= 11 is 0. The molecule has 0 saturated heterocycles. The minimum Gasteiger partial charge on any atom is -0.0998 e. The maximum atomic E-state index is 4.41. The average Bonchev–Trinajstić information content (AvgIpc) is 3.01. The molecule has 0 N–H and O–H groups in total. The number of hydrogen-bond acceptors (Lipinski definition) is 0. The number of hydrogen-bond donors (Lipinski definition) is 0. The van der Waals surface area contributed by atoms with E-state index in [4.69, 9.17) is 0 Å². The van der Waals surface area contributed by atoms with Gasteiger partial charge in [-0.1, -0.05) is 88.3 Å². The normalized spacial score (nSPS) is 47.7. The highest BCUT2D eigenvalue weighted by Crippen LogP contribution is 2.92. The van der Waals surface area contributed by atoms with Crippen LogP contribution >= 0.6 is 0 Å². The molecule has 0 radical (unpaired) electrons. The number of allylic oxidation sites excluding steroid dienone is 1. The molecule has 6 unspecified atom stereocenters. The summed E-state index contributed by atoms with van der Waals surface area (Å²) in [6, 6.07) is 0. The van der Waals surface area contributed by atoms with E-state index in [0.29, 0.717) is 10.8 Å². The molecule has 0 aromatic rings. The van der Waals surface area contributed by atoms with Crippen LogP contribution < -0.4 is 0 Å². The fourth-order valence-electron chi connectivity index (χ4n) is 9.86. The lowest BCUT2D eigenvalue weighted by molar-refractivity contribution is 0.0382. The van der Waals surface area contributed by atoms with Crippen LogP contribution in [0.2, 0.25) is 0 Å². The van der Waals surface area contributed by atoms with Crippen LogP contribution in [0.1, 0.15) is 141 Å². The molecule has 0 bridgehead atoms. The quantitative estimate of drug-likeness (QED) is 0.380. The van der Waals surface area contributed by atoms with Crippen molar-refractivity contribution < 1.29 is 0 Å². The zero-order chi connectivity index (χ0) is 23.0. The van der Waals surface area contributed by atoms with E-state index in [-0.39, 0.29) is 7.43 Å². The largest absolute Gasteiger partial charge is 0.0998 e. The van der Waals surface area contributed by atoms with Gasteiger partial charge < -0.3 is 0 Å². The van der Waals surface area contributed by atoms with Crippen molar-refractivity contribution >= 4 is 0 Å². The second-order valence-electron chi connectivity index (χ2n) is 11.3. The van der Waals surface area contributed by atoms with Gasteiger partial charge in [0, 0.05) is 0 Å². The molecule has 184 valence electrons. The molecule has 0 aromatic carbocycles. The summed E-state index contributed by atoms with van der Waals surface area (Å²) in [7, 11) is 0. The molecule has 5 aliphatic rings. The van der Waals surface area contributed by atoms with Crippen molar-refractivity contribution in [1.29, 1.82) is 0 Å². The van der Waals surface area contributed by atoms with E-state index >= 15 is 0 Å². The molecule has 5 rings (SSSR count). The maximum absolute atomic E-state index is 4.41. The van der Waals surface area contributed by atoms with Crippen LogP contribution in [-0.4, -0.2) is 0 Å². The molecule has 2 spiro atoms. The van der Waals surface area contributed by atoms with Crippen molar-refractivity contribution in [2.75, 3.05) is 0 Å². The molecule has 0 aromatic heterocycles. The fraction of sp³-hybridized carbons (Fsp3) is 0.935. The van der Waals surface area contributed by atoms with Gasteiger partial charge in [-0.2, -0.15) is 0 Å². The van der Waals surface area contributed by atoms with Crippen molar-refractivity contribution in [3.8, 4) is 0 Å². The van der Waals surface area contributed by atoms with Crippen LogP contribution in [0.15, 0.2) is 12.2 Å². The first-order valence-corrected chi connectivity index (χ1v) is 14.0. The molecule has 0 nitrogen and oxygen atoms in total. The van der Waals surface area contributed by atoms with Crippen molar-refractivity contribution in [2.45, 2.75) is 141 Å². The minimum atomic E-state index is 0. The predicted octanol–water partition coefficient (Wildman–Crippen LogP) is 10.7. The SMILES string of the molecule is C.C=C(C)C1CC[C@@H]2C1(C)CCC1C34CC[C@](C)(CC)CC3CCC124.CC.CC.CC. The fourth-order valence-corrected chi connectivity index (χ4v) is 9.86. The zero-order valence-corrected chi connectivity index (χ0v) is 22.6. The van der Waals surface area contributed by atoms with Gasteiger partial charge in [-0.15, -0.1) is 0 Å². The third-order valence-electron chi connectivity index (χ3n) is 10.9. The topological polar surface area (TPSA) is 0 Å². The predicted molar refractivity (Wildman–Crippen MR) is 142 cm³/mol. The Bertz CT molecular complexity index is 589. The van der Waals surface area contributed by atoms with E-state index < -0.39 is 0 Å². The lowest BCUT2D eigenvalue weighted by atomic mass is 9.58. The van der Waals surface area contributed by atoms with Crippen molar-refractivity contribution in [3.63, 3.8) is 0 Å². The van der Waals surface area contributed by atoms with Gasteiger partial charge in [-0.05, 0) is 110 Å². The van der Waals surface area contributed by atoms with Crippen LogP contribution in [-0.2, 0) is 0 Å². The first-order valence-electron chi connectivity index (χ1n) is 14.0. The van der Waals surface area contributed by atoms with Gasteiger partial charge >= 0.3 is 0 Å². The van der Waals surface area contributed by atoms with Gasteiger partial charge in [0.2, 0.25) is 0 Å². The molecule has 5 saturated carbocycles. The lowest BCUT2D eigenvalue weighted by Crippen LogP contribution is -2.39. The number of rotatable bonds is 2. The maximum Gasteiger partial charge on any atom is -0.0152 e. The summed E-state index contributed by atoms with van der Waals surface area (Å²) in [6.45, 7) is 26.4. The Kier molecular flexibility index (Phi) is 9.60. The standard InChI is InChI=1S/C24H38.3C2H6.CH4/c1-6-21(4)13-14-23-17(15-21)9-12-24(23)19-8-7-18(16(2)3)22(19,5)11-10-20(23)24;3*1-2;/h17-20H,2,6-15H2,1,3-5H3;3*1-2H3;1H4/t17?,18?,19-,20?,21+,22?,23?,24?;;;;/m1..../s1. The van der Waals surface area contributed by atoms with Crippen LogP contribution in [0.25, 0.3) is 0 Å². The Hall–Kier alpha value is -0.260. The van der Waals surface area contributed by atoms with Crippen LogP contribution in [0.3, 0.4) is 0 Å². The summed E-state index contributed by atoms with van der Waals surface area (Å²) < 4.78 is 0. The molecular formula is C31H60. The Labute approximate surface area is 198 Å². The van der Waals surface area contributed by atoms with Gasteiger partial charge in [-0.3, -0.25) is 0 Å². The van der Waals surface area contributed by atoms with Gasteiger partial charge in [0.1, 0.15) is 0 Å². The summed E-state index contributed by atoms with van der Waals surface area (Å²) in [5.74, 6) is 4.04. The lowest BCUT2D eigenvalue weighted by Gasteiger charge is -2.46. The molecule has 0 aliphatic heterocycles. The Morgan fingerprint density at radius 3 is 1.94 bits per heavy atom. The van der Waals surface area contributed by atoms with E-state index in [1.807, 2.05) is 41.5 Å². The van der Waals surface area contributed by atoms with E-state index in [1.165, 1.54) is 37.7 Å². The van der Waals surface area contributed by atoms with Crippen molar-refractivity contribution in [1.82, 2.24) is 0 Å². The highest BCUT2D eigenvalue weighted by atomic mass is 14.9. The molecule has 31 heavy (non-hydrogen) atoms. The minimum absolute atomic E-state index is 0. The van der Waals surface area contributed by atoms with Gasteiger partial charge in [0.05, 0.1) is 0 Å². The van der Waals surface area contributed by atoms with Gasteiger partial charge in [0.25, 0.3) is 0 Å². The second kappa shape index (κ2) is 10.3. The van der Waals surface area contributed by atoms with Crippen LogP contribution in [0, 0.1) is 45.3 Å². The Morgan fingerprint density at radius 1 is 0.774 bits per heavy atom. The summed E-state index contributed by atoms with van der Waals surface area (Å²) in [6.07, 6.45) is 15.2. The third-order valence-corrected chi connectivity index (χ3v) is 10.9.